The van der Waals surface area contributed by atoms with Gasteiger partial charge in [0.05, 0.1) is 5.56 Å². The summed E-state index contributed by atoms with van der Waals surface area (Å²) in [4.78, 5) is 23.4. The lowest BCUT2D eigenvalue weighted by Gasteiger charge is -2.14. The molecule has 7 heteroatoms. The van der Waals surface area contributed by atoms with Gasteiger partial charge in [-0.25, -0.2) is 9.87 Å². The van der Waals surface area contributed by atoms with Crippen molar-refractivity contribution in [1.29, 1.82) is 0 Å². The van der Waals surface area contributed by atoms with E-state index in [9.17, 15) is 14.0 Å². The minimum atomic E-state index is -1.13. The first-order valence-corrected chi connectivity index (χ1v) is 8.33. The lowest BCUT2D eigenvalue weighted by atomic mass is 10.1. The number of rotatable bonds is 5. The molecule has 140 valence electrons. The van der Waals surface area contributed by atoms with Gasteiger partial charge < -0.3 is 11.1 Å². The van der Waals surface area contributed by atoms with Crippen LogP contribution >= 0.6 is 0 Å². The second-order valence-electron chi connectivity index (χ2n) is 5.73. The molecule has 6 nitrogen and oxygen atoms in total. The molecule has 0 spiro atoms. The number of carbonyl (C=O) groups is 2. The minimum absolute atomic E-state index is 0.00883. The fourth-order valence-electron chi connectivity index (χ4n) is 2.27. The molecule has 0 unspecified atom stereocenters. The predicted molar refractivity (Wildman–Crippen MR) is 98.4 cm³/mol. The molecule has 27 heavy (non-hydrogen) atoms. The third kappa shape index (κ3) is 5.38. The molecule has 2 aromatic rings. The van der Waals surface area contributed by atoms with Gasteiger partial charge in [0.2, 0.25) is 0 Å². The maximum Gasteiger partial charge on any atom is 0.267 e. The van der Waals surface area contributed by atoms with Crippen LogP contribution in [0.4, 0.5) is 4.39 Å². The van der Waals surface area contributed by atoms with Crippen molar-refractivity contribution in [3.05, 3.63) is 70.5 Å². The Hall–Kier alpha value is -3.21. The van der Waals surface area contributed by atoms with E-state index in [0.29, 0.717) is 0 Å². The summed E-state index contributed by atoms with van der Waals surface area (Å²) in [6.07, 6.45) is 0.927. The van der Waals surface area contributed by atoms with Crippen molar-refractivity contribution in [3.63, 3.8) is 0 Å². The van der Waals surface area contributed by atoms with Crippen LogP contribution in [0.25, 0.3) is 0 Å². The fraction of sp³-hybridized carbons (Fsp3) is 0.200. The van der Waals surface area contributed by atoms with Gasteiger partial charge in [-0.15, -0.1) is 0 Å². The average molecular weight is 369 g/mol. The molecule has 0 saturated carbocycles. The Morgan fingerprint density at radius 3 is 2.44 bits per heavy atom. The molecule has 0 bridgehead atoms. The normalized spacial score (nSPS) is 11.1. The van der Waals surface area contributed by atoms with Crippen molar-refractivity contribution < 1.29 is 19.2 Å². The molecule has 2 aromatic carbocycles. The van der Waals surface area contributed by atoms with Crippen LogP contribution < -0.4 is 16.5 Å². The molecule has 0 aliphatic carbocycles. The van der Waals surface area contributed by atoms with Crippen molar-refractivity contribution in [2.24, 2.45) is 5.73 Å². The van der Waals surface area contributed by atoms with Crippen LogP contribution in [0.3, 0.4) is 0 Å². The number of amides is 2. The van der Waals surface area contributed by atoms with Gasteiger partial charge in [-0.05, 0) is 42.3 Å². The predicted octanol–water partition coefficient (Wildman–Crippen LogP) is 1.35. The van der Waals surface area contributed by atoms with E-state index < -0.39 is 23.7 Å². The molecule has 2 amide bonds. The van der Waals surface area contributed by atoms with Crippen LogP contribution in [0, 0.1) is 17.7 Å². The Balaban J connectivity index is 2.14. The highest BCUT2D eigenvalue weighted by Gasteiger charge is 2.19. The van der Waals surface area contributed by atoms with Crippen LogP contribution in [0.2, 0.25) is 0 Å². The zero-order valence-corrected chi connectivity index (χ0v) is 14.8. The zero-order valence-electron chi connectivity index (χ0n) is 14.8. The van der Waals surface area contributed by atoms with Crippen LogP contribution in [0.1, 0.15) is 34.0 Å². The molecule has 5 N–H and O–H groups in total. The number of hydrogen-bond donors (Lipinski definition) is 4. The second kappa shape index (κ2) is 9.48. The maximum absolute atomic E-state index is 14.2. The molecular formula is C20H20FN3O3. The van der Waals surface area contributed by atoms with Gasteiger partial charge in [-0.1, -0.05) is 30.9 Å². The Morgan fingerprint density at radius 1 is 1.19 bits per heavy atom. The van der Waals surface area contributed by atoms with E-state index in [2.05, 4.69) is 24.1 Å². The van der Waals surface area contributed by atoms with Gasteiger partial charge in [0, 0.05) is 17.7 Å². The van der Waals surface area contributed by atoms with E-state index in [-0.39, 0.29) is 17.7 Å². The summed E-state index contributed by atoms with van der Waals surface area (Å²) in [6.45, 7) is 1.83. The van der Waals surface area contributed by atoms with Gasteiger partial charge in [-0.3, -0.25) is 14.8 Å². The lowest BCUT2D eigenvalue weighted by Crippen LogP contribution is -2.50. The number of carbonyl (C=O) groups excluding carboxylic acids is 2. The first-order chi connectivity index (χ1) is 13.0. The van der Waals surface area contributed by atoms with Crippen molar-refractivity contribution in [2.45, 2.75) is 19.4 Å². The number of halogens is 1. The van der Waals surface area contributed by atoms with E-state index in [4.69, 9.17) is 10.9 Å². The first kappa shape index (κ1) is 20.1. The highest BCUT2D eigenvalue weighted by Crippen LogP contribution is 2.11. The van der Waals surface area contributed by atoms with Gasteiger partial charge in [0.15, 0.2) is 0 Å². The van der Waals surface area contributed by atoms with Crippen LogP contribution in [-0.4, -0.2) is 29.6 Å². The Bertz CT molecular complexity index is 886. The van der Waals surface area contributed by atoms with Gasteiger partial charge >= 0.3 is 0 Å². The first-order valence-electron chi connectivity index (χ1n) is 8.33. The third-order valence-corrected chi connectivity index (χ3v) is 3.90. The quantitative estimate of drug-likeness (QED) is 0.363. The number of aryl methyl sites for hydroxylation is 1. The molecule has 1 atom stereocenters. The molecule has 0 fully saturated rings. The summed E-state index contributed by atoms with van der Waals surface area (Å²) in [5.41, 5.74) is 8.87. The van der Waals surface area contributed by atoms with Gasteiger partial charge in [-0.2, -0.15) is 0 Å². The molecule has 0 aliphatic rings. The summed E-state index contributed by atoms with van der Waals surface area (Å²) in [5, 5.41) is 10.9. The van der Waals surface area contributed by atoms with E-state index in [1.54, 1.807) is 0 Å². The van der Waals surface area contributed by atoms with Gasteiger partial charge in [0.1, 0.15) is 11.9 Å². The number of benzene rings is 2. The molecule has 0 heterocycles. The average Bonchev–Trinajstić information content (AvgIpc) is 2.70. The number of nitrogens with two attached hydrogens (primary N) is 1. The third-order valence-electron chi connectivity index (χ3n) is 3.90. The summed E-state index contributed by atoms with van der Waals surface area (Å²) in [7, 11) is 0. The Kier molecular flexibility index (Phi) is 7.06. The van der Waals surface area contributed by atoms with Crippen LogP contribution in [0.15, 0.2) is 42.5 Å². The van der Waals surface area contributed by atoms with E-state index >= 15 is 0 Å². The molecule has 0 aliphatic heterocycles. The van der Waals surface area contributed by atoms with E-state index in [1.165, 1.54) is 23.2 Å². The van der Waals surface area contributed by atoms with Crippen LogP contribution in [0.5, 0.6) is 0 Å². The van der Waals surface area contributed by atoms with E-state index in [1.807, 2.05) is 24.3 Å². The number of hydroxylamine groups is 1. The standard InChI is InChI=1S/C20H20FN3O3/c1-2-13-3-5-14(6-4-13)7-8-15-9-10-16(11-17(15)21)19(25)23-18(12-22)20(26)24-27/h3-6,9-11,18,27H,2,12,22H2,1H3,(H,23,25)(H,24,26)/t18-/m0/s1. The van der Waals surface area contributed by atoms with Crippen LogP contribution in [-0.2, 0) is 11.2 Å². The summed E-state index contributed by atoms with van der Waals surface area (Å²) >= 11 is 0. The van der Waals surface area contributed by atoms with Gasteiger partial charge in [0.25, 0.3) is 11.8 Å². The summed E-state index contributed by atoms with van der Waals surface area (Å²) in [6, 6.07) is 10.3. The van der Waals surface area contributed by atoms with Crippen molar-refractivity contribution >= 4 is 11.8 Å². The molecule has 0 aromatic heterocycles. The Morgan fingerprint density at radius 2 is 1.89 bits per heavy atom. The monoisotopic (exact) mass is 369 g/mol. The highest BCUT2D eigenvalue weighted by atomic mass is 19.1. The fourth-order valence-corrected chi connectivity index (χ4v) is 2.27. The smallest absolute Gasteiger partial charge is 0.267 e. The zero-order chi connectivity index (χ0) is 19.8. The number of nitrogens with one attached hydrogen (secondary N) is 2. The maximum atomic E-state index is 14.2. The highest BCUT2D eigenvalue weighted by molar-refractivity contribution is 5.97. The largest absolute Gasteiger partial charge is 0.339 e. The lowest BCUT2D eigenvalue weighted by molar-refractivity contribution is -0.130. The number of hydrogen-bond acceptors (Lipinski definition) is 4. The topological polar surface area (TPSA) is 104 Å². The van der Waals surface area contributed by atoms with Crippen molar-refractivity contribution in [3.8, 4) is 11.8 Å². The Labute approximate surface area is 156 Å². The molecule has 2 rings (SSSR count). The second-order valence-corrected chi connectivity index (χ2v) is 5.73. The van der Waals surface area contributed by atoms with Crippen molar-refractivity contribution in [1.82, 2.24) is 10.8 Å². The van der Waals surface area contributed by atoms with E-state index in [0.717, 1.165) is 18.1 Å². The summed E-state index contributed by atoms with van der Waals surface area (Å²) < 4.78 is 14.2. The molecule has 0 saturated heterocycles. The molecule has 0 radical (unpaired) electrons. The summed E-state index contributed by atoms with van der Waals surface area (Å²) in [5.74, 6) is 3.41. The van der Waals surface area contributed by atoms with Crippen molar-refractivity contribution in [2.75, 3.05) is 6.54 Å². The SMILES string of the molecule is CCc1ccc(C#Cc2ccc(C(=O)N[C@@H](CN)C(=O)NO)cc2F)cc1. The molecular weight excluding hydrogens is 349 g/mol. The minimum Gasteiger partial charge on any atom is -0.339 e.